The number of pyridine rings is 1. The third kappa shape index (κ3) is 3.00. The highest BCUT2D eigenvalue weighted by atomic mass is 16.6. The van der Waals surface area contributed by atoms with Crippen LogP contribution in [-0.4, -0.2) is 40.3 Å². The maximum absolute atomic E-state index is 11.8. The Labute approximate surface area is 115 Å². The third-order valence-electron chi connectivity index (χ3n) is 3.07. The van der Waals surface area contributed by atoms with Gasteiger partial charge in [0.1, 0.15) is 23.6 Å². The Kier molecular flexibility index (Phi) is 4.10. The molecule has 1 aromatic rings. The fourth-order valence-corrected chi connectivity index (χ4v) is 2.02. The van der Waals surface area contributed by atoms with Crippen molar-refractivity contribution < 1.29 is 9.72 Å². The first-order valence-corrected chi connectivity index (χ1v) is 6.18. The molecule has 2 heterocycles. The van der Waals surface area contributed by atoms with Gasteiger partial charge < -0.3 is 10.2 Å². The SMILES string of the molecule is N#Cc1cc([N+](=O)[O-])cnc1NCC(=O)N1CCCC1. The summed E-state index contributed by atoms with van der Waals surface area (Å²) in [7, 11) is 0. The van der Waals surface area contributed by atoms with Gasteiger partial charge in [0.15, 0.2) is 0 Å². The van der Waals surface area contributed by atoms with E-state index >= 15 is 0 Å². The molecule has 0 aromatic carbocycles. The van der Waals surface area contributed by atoms with E-state index in [0.29, 0.717) is 0 Å². The lowest BCUT2D eigenvalue weighted by Gasteiger charge is -2.15. The molecule has 8 nitrogen and oxygen atoms in total. The number of rotatable bonds is 4. The second-order valence-corrected chi connectivity index (χ2v) is 4.40. The van der Waals surface area contributed by atoms with Gasteiger partial charge in [0.05, 0.1) is 11.5 Å². The van der Waals surface area contributed by atoms with Crippen LogP contribution >= 0.6 is 0 Å². The van der Waals surface area contributed by atoms with Crippen LogP contribution in [0.4, 0.5) is 11.5 Å². The highest BCUT2D eigenvalue weighted by Gasteiger charge is 2.18. The van der Waals surface area contributed by atoms with E-state index in [0.717, 1.165) is 38.2 Å². The van der Waals surface area contributed by atoms with Gasteiger partial charge in [0.25, 0.3) is 5.69 Å². The van der Waals surface area contributed by atoms with Gasteiger partial charge in [0.2, 0.25) is 5.91 Å². The van der Waals surface area contributed by atoms with Crippen molar-refractivity contribution in [2.75, 3.05) is 25.0 Å². The molecule has 0 bridgehead atoms. The van der Waals surface area contributed by atoms with E-state index in [4.69, 9.17) is 5.26 Å². The van der Waals surface area contributed by atoms with Crippen LogP contribution in [0.2, 0.25) is 0 Å². The van der Waals surface area contributed by atoms with Crippen molar-refractivity contribution in [2.45, 2.75) is 12.8 Å². The summed E-state index contributed by atoms with van der Waals surface area (Å²) in [6, 6.07) is 2.96. The van der Waals surface area contributed by atoms with Crippen LogP contribution < -0.4 is 5.32 Å². The van der Waals surface area contributed by atoms with Gasteiger partial charge in [-0.15, -0.1) is 0 Å². The molecule has 0 radical (unpaired) electrons. The molecule has 0 atom stereocenters. The number of nitrogens with zero attached hydrogens (tertiary/aromatic N) is 4. The molecule has 2 rings (SSSR count). The first-order valence-electron chi connectivity index (χ1n) is 6.18. The van der Waals surface area contributed by atoms with Crippen LogP contribution in [-0.2, 0) is 4.79 Å². The number of carbonyl (C=O) groups excluding carboxylic acids is 1. The number of amides is 1. The van der Waals surface area contributed by atoms with Crippen LogP contribution in [0, 0.1) is 21.4 Å². The largest absolute Gasteiger partial charge is 0.360 e. The zero-order valence-electron chi connectivity index (χ0n) is 10.7. The average Bonchev–Trinajstić information content (AvgIpc) is 2.98. The number of hydrogen-bond donors (Lipinski definition) is 1. The molecular weight excluding hydrogens is 262 g/mol. The number of nitriles is 1. The van der Waals surface area contributed by atoms with Crippen molar-refractivity contribution in [2.24, 2.45) is 0 Å². The van der Waals surface area contributed by atoms with Crippen LogP contribution in [0.25, 0.3) is 0 Å². The van der Waals surface area contributed by atoms with E-state index in [2.05, 4.69) is 10.3 Å². The molecule has 1 aromatic heterocycles. The lowest BCUT2D eigenvalue weighted by atomic mass is 10.2. The topological polar surface area (TPSA) is 112 Å². The summed E-state index contributed by atoms with van der Waals surface area (Å²) in [4.78, 5) is 27.4. The normalized spacial score (nSPS) is 13.8. The standard InChI is InChI=1S/C12H13N5O3/c13-6-9-5-10(17(19)20)7-14-12(9)15-8-11(18)16-3-1-2-4-16/h5,7H,1-4,8H2,(H,14,15). The second-order valence-electron chi connectivity index (χ2n) is 4.40. The molecule has 0 aliphatic carbocycles. The van der Waals surface area contributed by atoms with E-state index in [1.807, 2.05) is 6.07 Å². The van der Waals surface area contributed by atoms with Gasteiger partial charge in [-0.3, -0.25) is 14.9 Å². The molecule has 20 heavy (non-hydrogen) atoms. The Morgan fingerprint density at radius 2 is 2.25 bits per heavy atom. The van der Waals surface area contributed by atoms with Crippen LogP contribution in [0.15, 0.2) is 12.3 Å². The van der Waals surface area contributed by atoms with Gasteiger partial charge >= 0.3 is 0 Å². The van der Waals surface area contributed by atoms with Crippen molar-refractivity contribution in [3.8, 4) is 6.07 Å². The van der Waals surface area contributed by atoms with Crippen molar-refractivity contribution in [3.05, 3.63) is 27.9 Å². The number of anilines is 1. The van der Waals surface area contributed by atoms with Gasteiger partial charge in [-0.1, -0.05) is 0 Å². The maximum atomic E-state index is 11.8. The molecule has 1 saturated heterocycles. The van der Waals surface area contributed by atoms with Gasteiger partial charge in [0, 0.05) is 19.2 Å². The minimum atomic E-state index is -0.618. The Balaban J connectivity index is 2.04. The highest BCUT2D eigenvalue weighted by molar-refractivity contribution is 5.81. The molecule has 0 saturated carbocycles. The number of aromatic nitrogens is 1. The molecule has 1 N–H and O–H groups in total. The van der Waals surface area contributed by atoms with Crippen LogP contribution in [0.3, 0.4) is 0 Å². The summed E-state index contributed by atoms with van der Waals surface area (Å²) in [5.41, 5.74) is -0.202. The smallest absolute Gasteiger partial charge is 0.289 e. The molecule has 0 spiro atoms. The molecule has 1 amide bonds. The lowest BCUT2D eigenvalue weighted by molar-refractivity contribution is -0.385. The average molecular weight is 275 g/mol. The van der Waals surface area contributed by atoms with Crippen molar-refractivity contribution >= 4 is 17.4 Å². The van der Waals surface area contributed by atoms with Gasteiger partial charge in [-0.25, -0.2) is 4.98 Å². The molecule has 0 unspecified atom stereocenters. The van der Waals surface area contributed by atoms with Gasteiger partial charge in [-0.05, 0) is 12.8 Å². The van der Waals surface area contributed by atoms with E-state index < -0.39 is 4.92 Å². The van der Waals surface area contributed by atoms with E-state index in [-0.39, 0.29) is 29.5 Å². The number of carbonyl (C=O) groups is 1. The predicted molar refractivity (Wildman–Crippen MR) is 69.9 cm³/mol. The minimum Gasteiger partial charge on any atom is -0.360 e. The molecule has 1 aliphatic heterocycles. The van der Waals surface area contributed by atoms with E-state index in [9.17, 15) is 14.9 Å². The molecule has 1 aliphatic rings. The summed E-state index contributed by atoms with van der Waals surface area (Å²) >= 11 is 0. The summed E-state index contributed by atoms with van der Waals surface area (Å²) in [6.45, 7) is 1.53. The quantitative estimate of drug-likeness (QED) is 0.645. The fourth-order valence-electron chi connectivity index (χ4n) is 2.02. The first-order chi connectivity index (χ1) is 9.61. The molecule has 1 fully saturated rings. The zero-order chi connectivity index (χ0) is 14.5. The summed E-state index contributed by atoms with van der Waals surface area (Å²) in [5, 5.41) is 22.3. The monoisotopic (exact) mass is 275 g/mol. The minimum absolute atomic E-state index is 0.0273. The van der Waals surface area contributed by atoms with Gasteiger partial charge in [-0.2, -0.15) is 5.26 Å². The van der Waals surface area contributed by atoms with Crippen LogP contribution in [0.5, 0.6) is 0 Å². The summed E-state index contributed by atoms with van der Waals surface area (Å²) < 4.78 is 0. The maximum Gasteiger partial charge on any atom is 0.289 e. The Morgan fingerprint density at radius 3 is 2.85 bits per heavy atom. The molecule has 104 valence electrons. The summed E-state index contributed by atoms with van der Waals surface area (Å²) in [5.74, 6) is 0.122. The predicted octanol–water partition coefficient (Wildman–Crippen LogP) is 0.896. The first kappa shape index (κ1) is 13.7. The summed E-state index contributed by atoms with van der Waals surface area (Å²) in [6.07, 6.45) is 3.07. The third-order valence-corrected chi connectivity index (χ3v) is 3.07. The van der Waals surface area contributed by atoms with Crippen molar-refractivity contribution in [1.82, 2.24) is 9.88 Å². The lowest BCUT2D eigenvalue weighted by Crippen LogP contribution is -2.33. The zero-order valence-corrected chi connectivity index (χ0v) is 10.7. The Bertz CT molecular complexity index is 575. The Morgan fingerprint density at radius 1 is 1.55 bits per heavy atom. The fraction of sp³-hybridized carbons (Fsp3) is 0.417. The van der Waals surface area contributed by atoms with Crippen LogP contribution in [0.1, 0.15) is 18.4 Å². The molecule has 8 heteroatoms. The number of hydrogen-bond acceptors (Lipinski definition) is 6. The van der Waals surface area contributed by atoms with E-state index in [1.165, 1.54) is 0 Å². The molecular formula is C12H13N5O3. The van der Waals surface area contributed by atoms with Crippen molar-refractivity contribution in [3.63, 3.8) is 0 Å². The number of nitrogens with one attached hydrogen (secondary N) is 1. The highest BCUT2D eigenvalue weighted by Crippen LogP contribution is 2.18. The number of likely N-dealkylation sites (tertiary alicyclic amines) is 1. The number of nitro groups is 1. The Hall–Kier alpha value is -2.69. The van der Waals surface area contributed by atoms with Crippen molar-refractivity contribution in [1.29, 1.82) is 5.26 Å². The van der Waals surface area contributed by atoms with E-state index in [1.54, 1.807) is 4.90 Å². The second kappa shape index (κ2) is 5.97.